The highest BCUT2D eigenvalue weighted by atomic mass is 16.3. The number of phenols is 1. The molecule has 1 aromatic carbocycles. The summed E-state index contributed by atoms with van der Waals surface area (Å²) in [5.74, 6) is 0.423. The van der Waals surface area contributed by atoms with Gasteiger partial charge in [0.1, 0.15) is 5.75 Å². The third kappa shape index (κ3) is 2.07. The van der Waals surface area contributed by atoms with Crippen LogP contribution in [0.3, 0.4) is 0 Å². The molecule has 16 heavy (non-hydrogen) atoms. The Labute approximate surface area is 96.9 Å². The van der Waals surface area contributed by atoms with E-state index in [1.807, 2.05) is 6.07 Å². The van der Waals surface area contributed by atoms with Gasteiger partial charge < -0.3 is 10.2 Å². The zero-order valence-electron chi connectivity index (χ0n) is 9.92. The standard InChI is InChI=1S/C14H20O2/c1-10-9-14(16)13(7-4-8-15)12-6-3-2-5-11(10)12/h9,15-16H,2-8H2,1H3. The van der Waals surface area contributed by atoms with Crippen LogP contribution in [0.15, 0.2) is 6.07 Å². The molecule has 1 aliphatic carbocycles. The number of phenolic OH excluding ortho intramolecular Hbond substituents is 1. The SMILES string of the molecule is Cc1cc(O)c(CCCO)c2c1CCCC2. The molecule has 0 unspecified atom stereocenters. The number of aliphatic hydroxyl groups excluding tert-OH is 1. The van der Waals surface area contributed by atoms with Crippen molar-refractivity contribution < 1.29 is 10.2 Å². The summed E-state index contributed by atoms with van der Waals surface area (Å²) in [5.41, 5.74) is 5.10. The summed E-state index contributed by atoms with van der Waals surface area (Å²) < 4.78 is 0. The Kier molecular flexibility index (Phi) is 3.49. The van der Waals surface area contributed by atoms with Crippen molar-refractivity contribution in [3.05, 3.63) is 28.3 Å². The first-order valence-electron chi connectivity index (χ1n) is 6.18. The maximum absolute atomic E-state index is 9.99. The molecule has 1 aliphatic rings. The molecule has 0 fully saturated rings. The predicted molar refractivity (Wildman–Crippen MR) is 64.9 cm³/mol. The van der Waals surface area contributed by atoms with Gasteiger partial charge in [-0.2, -0.15) is 0 Å². The van der Waals surface area contributed by atoms with Crippen molar-refractivity contribution in [3.8, 4) is 5.75 Å². The summed E-state index contributed by atoms with van der Waals surface area (Å²) in [4.78, 5) is 0. The second kappa shape index (κ2) is 4.88. The lowest BCUT2D eigenvalue weighted by molar-refractivity contribution is 0.287. The van der Waals surface area contributed by atoms with E-state index in [0.717, 1.165) is 31.2 Å². The number of rotatable bonds is 3. The molecule has 0 spiro atoms. The van der Waals surface area contributed by atoms with Crippen LogP contribution >= 0.6 is 0 Å². The molecule has 2 heteroatoms. The molecule has 2 N–H and O–H groups in total. The van der Waals surface area contributed by atoms with Crippen molar-refractivity contribution >= 4 is 0 Å². The Hall–Kier alpha value is -1.02. The summed E-state index contributed by atoms with van der Waals surface area (Å²) >= 11 is 0. The fraction of sp³-hybridized carbons (Fsp3) is 0.571. The summed E-state index contributed by atoms with van der Waals surface area (Å²) in [6, 6.07) is 1.89. The van der Waals surface area contributed by atoms with Gasteiger partial charge in [-0.3, -0.25) is 0 Å². The van der Waals surface area contributed by atoms with E-state index in [1.165, 1.54) is 29.5 Å². The number of aromatic hydroxyl groups is 1. The topological polar surface area (TPSA) is 40.5 Å². The lowest BCUT2D eigenvalue weighted by Crippen LogP contribution is -2.09. The van der Waals surface area contributed by atoms with Crippen molar-refractivity contribution in [1.29, 1.82) is 0 Å². The lowest BCUT2D eigenvalue weighted by Gasteiger charge is -2.22. The summed E-state index contributed by atoms with van der Waals surface area (Å²) in [6.07, 6.45) is 6.26. The molecule has 1 aromatic rings. The molecule has 2 nitrogen and oxygen atoms in total. The van der Waals surface area contributed by atoms with Crippen molar-refractivity contribution in [1.82, 2.24) is 0 Å². The van der Waals surface area contributed by atoms with E-state index in [4.69, 9.17) is 5.11 Å². The highest BCUT2D eigenvalue weighted by Gasteiger charge is 2.18. The van der Waals surface area contributed by atoms with E-state index in [0.29, 0.717) is 5.75 Å². The zero-order valence-corrected chi connectivity index (χ0v) is 9.92. The highest BCUT2D eigenvalue weighted by molar-refractivity contribution is 5.49. The van der Waals surface area contributed by atoms with Gasteiger partial charge in [-0.15, -0.1) is 0 Å². The molecule has 0 heterocycles. The van der Waals surface area contributed by atoms with Gasteiger partial charge in [0.15, 0.2) is 0 Å². The molecule has 0 saturated carbocycles. The van der Waals surface area contributed by atoms with E-state index in [9.17, 15) is 5.11 Å². The number of hydrogen-bond acceptors (Lipinski definition) is 2. The molecular formula is C14H20O2. The first-order chi connectivity index (χ1) is 7.74. The summed E-state index contributed by atoms with van der Waals surface area (Å²) in [5, 5.41) is 18.9. The smallest absolute Gasteiger partial charge is 0.119 e. The van der Waals surface area contributed by atoms with Gasteiger partial charge in [-0.1, -0.05) is 0 Å². The number of aliphatic hydroxyl groups is 1. The van der Waals surface area contributed by atoms with Crippen LogP contribution < -0.4 is 0 Å². The molecule has 0 radical (unpaired) electrons. The minimum absolute atomic E-state index is 0.197. The lowest BCUT2D eigenvalue weighted by atomic mass is 9.84. The van der Waals surface area contributed by atoms with Crippen LogP contribution in [0.5, 0.6) is 5.75 Å². The number of fused-ring (bicyclic) bond motifs is 1. The monoisotopic (exact) mass is 220 g/mol. The van der Waals surface area contributed by atoms with Crippen LogP contribution in [0.1, 0.15) is 41.5 Å². The van der Waals surface area contributed by atoms with Gasteiger partial charge in [0, 0.05) is 6.61 Å². The van der Waals surface area contributed by atoms with Crippen LogP contribution in [0.25, 0.3) is 0 Å². The average Bonchev–Trinajstić information content (AvgIpc) is 2.29. The predicted octanol–water partition coefficient (Wildman–Crippen LogP) is 2.50. The van der Waals surface area contributed by atoms with Crippen LogP contribution in [-0.2, 0) is 19.3 Å². The molecule has 0 aliphatic heterocycles. The average molecular weight is 220 g/mol. The molecule has 0 amide bonds. The second-order valence-electron chi connectivity index (χ2n) is 4.68. The van der Waals surface area contributed by atoms with E-state index in [1.54, 1.807) is 0 Å². The first-order valence-corrected chi connectivity index (χ1v) is 6.18. The van der Waals surface area contributed by atoms with E-state index in [-0.39, 0.29) is 6.61 Å². The number of aryl methyl sites for hydroxylation is 1. The van der Waals surface area contributed by atoms with Crippen LogP contribution in [0.4, 0.5) is 0 Å². The van der Waals surface area contributed by atoms with Crippen LogP contribution in [0, 0.1) is 6.92 Å². The molecule has 0 aromatic heterocycles. The minimum atomic E-state index is 0.197. The van der Waals surface area contributed by atoms with Gasteiger partial charge in [0.2, 0.25) is 0 Å². The third-order valence-electron chi connectivity index (χ3n) is 3.56. The quantitative estimate of drug-likeness (QED) is 0.821. The highest BCUT2D eigenvalue weighted by Crippen LogP contribution is 2.33. The maximum Gasteiger partial charge on any atom is 0.119 e. The maximum atomic E-state index is 9.99. The Morgan fingerprint density at radius 1 is 1.19 bits per heavy atom. The van der Waals surface area contributed by atoms with Crippen LogP contribution in [-0.4, -0.2) is 16.8 Å². The van der Waals surface area contributed by atoms with E-state index < -0.39 is 0 Å². The molecule has 0 bridgehead atoms. The van der Waals surface area contributed by atoms with E-state index >= 15 is 0 Å². The van der Waals surface area contributed by atoms with Gasteiger partial charge in [-0.05, 0) is 73.8 Å². The van der Waals surface area contributed by atoms with Crippen molar-refractivity contribution in [3.63, 3.8) is 0 Å². The number of hydrogen-bond donors (Lipinski definition) is 2. The van der Waals surface area contributed by atoms with Gasteiger partial charge in [0.05, 0.1) is 0 Å². The molecule has 2 rings (SSSR count). The zero-order chi connectivity index (χ0) is 11.5. The third-order valence-corrected chi connectivity index (χ3v) is 3.56. The number of benzene rings is 1. The van der Waals surface area contributed by atoms with Crippen molar-refractivity contribution in [2.45, 2.75) is 45.4 Å². The Morgan fingerprint density at radius 3 is 2.56 bits per heavy atom. The van der Waals surface area contributed by atoms with Gasteiger partial charge in [0.25, 0.3) is 0 Å². The van der Waals surface area contributed by atoms with Crippen LogP contribution in [0.2, 0.25) is 0 Å². The van der Waals surface area contributed by atoms with Gasteiger partial charge >= 0.3 is 0 Å². The molecule has 88 valence electrons. The second-order valence-corrected chi connectivity index (χ2v) is 4.68. The normalized spacial score (nSPS) is 14.9. The summed E-state index contributed by atoms with van der Waals surface area (Å²) in [6.45, 7) is 2.28. The van der Waals surface area contributed by atoms with Crippen molar-refractivity contribution in [2.24, 2.45) is 0 Å². The fourth-order valence-electron chi connectivity index (χ4n) is 2.74. The molecule has 0 atom stereocenters. The van der Waals surface area contributed by atoms with Crippen molar-refractivity contribution in [2.75, 3.05) is 6.61 Å². The molecular weight excluding hydrogens is 200 g/mol. The first kappa shape index (κ1) is 11.5. The fourth-order valence-corrected chi connectivity index (χ4v) is 2.74. The largest absolute Gasteiger partial charge is 0.508 e. The molecule has 0 saturated heterocycles. The Balaban J connectivity index is 2.41. The minimum Gasteiger partial charge on any atom is -0.508 e. The van der Waals surface area contributed by atoms with E-state index in [2.05, 4.69) is 6.92 Å². The van der Waals surface area contributed by atoms with Gasteiger partial charge in [-0.25, -0.2) is 0 Å². The Morgan fingerprint density at radius 2 is 1.88 bits per heavy atom. The Bertz CT molecular complexity index is 383. The summed E-state index contributed by atoms with van der Waals surface area (Å²) in [7, 11) is 0.